The molecular formula is C19H24O4. The average molecular weight is 316 g/mol. The number of rotatable bonds is 6. The lowest BCUT2D eigenvalue weighted by Crippen LogP contribution is -2.22. The van der Waals surface area contributed by atoms with Gasteiger partial charge in [-0.2, -0.15) is 0 Å². The Morgan fingerprint density at radius 1 is 1.22 bits per heavy atom. The number of allylic oxidation sites excluding steroid dienone is 6. The first-order valence-corrected chi connectivity index (χ1v) is 8.11. The highest BCUT2D eigenvalue weighted by Crippen LogP contribution is 2.60. The molecule has 0 aromatic heterocycles. The Kier molecular flexibility index (Phi) is 4.73. The normalized spacial score (nSPS) is 18.9. The second kappa shape index (κ2) is 6.26. The van der Waals surface area contributed by atoms with Crippen LogP contribution < -0.4 is 0 Å². The third-order valence-electron chi connectivity index (χ3n) is 4.64. The summed E-state index contributed by atoms with van der Waals surface area (Å²) >= 11 is 0. The first kappa shape index (κ1) is 17.4. The predicted molar refractivity (Wildman–Crippen MR) is 87.8 cm³/mol. The van der Waals surface area contributed by atoms with E-state index in [2.05, 4.69) is 25.5 Å². The van der Waals surface area contributed by atoms with Crippen molar-refractivity contribution >= 4 is 17.5 Å². The highest BCUT2D eigenvalue weighted by atomic mass is 16.5. The fourth-order valence-electron chi connectivity index (χ4n) is 3.28. The fourth-order valence-corrected chi connectivity index (χ4v) is 3.28. The van der Waals surface area contributed by atoms with Gasteiger partial charge in [-0.25, -0.2) is 4.79 Å². The molecule has 0 aromatic rings. The lowest BCUT2D eigenvalue weighted by molar-refractivity contribution is -0.154. The molecular weight excluding hydrogens is 292 g/mol. The number of ketones is 2. The molecule has 0 aromatic carbocycles. The van der Waals surface area contributed by atoms with Crippen molar-refractivity contribution in [3.63, 3.8) is 0 Å². The van der Waals surface area contributed by atoms with Gasteiger partial charge < -0.3 is 4.74 Å². The van der Waals surface area contributed by atoms with Gasteiger partial charge in [0.05, 0.1) is 13.0 Å². The quantitative estimate of drug-likeness (QED) is 0.428. The largest absolute Gasteiger partial charge is 0.460 e. The first-order chi connectivity index (χ1) is 10.7. The van der Waals surface area contributed by atoms with Crippen LogP contribution in [0.1, 0.15) is 53.9 Å². The Labute approximate surface area is 137 Å². The molecule has 124 valence electrons. The summed E-state index contributed by atoms with van der Waals surface area (Å²) in [6.07, 6.45) is 3.45. The number of carbonyl (C=O) groups is 3. The Morgan fingerprint density at radius 3 is 2.43 bits per heavy atom. The number of esters is 1. The molecule has 0 saturated heterocycles. The van der Waals surface area contributed by atoms with Crippen molar-refractivity contribution in [2.45, 2.75) is 53.9 Å². The second-order valence-electron chi connectivity index (χ2n) is 6.61. The minimum Gasteiger partial charge on any atom is -0.460 e. The zero-order valence-electron chi connectivity index (χ0n) is 14.5. The summed E-state index contributed by atoms with van der Waals surface area (Å²) in [4.78, 5) is 35.9. The van der Waals surface area contributed by atoms with Gasteiger partial charge in [-0.3, -0.25) is 9.59 Å². The standard InChI is InChI=1S/C19H24O4/c1-6-12-8-11(3)16(17-13(9-12)19(17,4)5)14(20)10-15(21)18(22)23-7-2/h8H,6-7,9-10H2,1-5H3. The summed E-state index contributed by atoms with van der Waals surface area (Å²) < 4.78 is 4.68. The highest BCUT2D eigenvalue weighted by Gasteiger charge is 2.49. The van der Waals surface area contributed by atoms with Gasteiger partial charge in [0, 0.05) is 11.0 Å². The van der Waals surface area contributed by atoms with Crippen LogP contribution in [0.3, 0.4) is 0 Å². The molecule has 4 nitrogen and oxygen atoms in total. The molecule has 0 radical (unpaired) electrons. The summed E-state index contributed by atoms with van der Waals surface area (Å²) in [6.45, 7) is 9.97. The van der Waals surface area contributed by atoms with Crippen LogP contribution in [0.2, 0.25) is 0 Å². The number of hydrogen-bond acceptors (Lipinski definition) is 4. The lowest BCUT2D eigenvalue weighted by atomic mass is 9.89. The van der Waals surface area contributed by atoms with Gasteiger partial charge in [0.1, 0.15) is 0 Å². The van der Waals surface area contributed by atoms with Crippen molar-refractivity contribution in [1.29, 1.82) is 0 Å². The SMILES string of the molecule is CCOC(=O)C(=O)CC(=O)C1=C(C)C=C(CC)CC2=C1C2(C)C. The summed E-state index contributed by atoms with van der Waals surface area (Å²) in [5.74, 6) is -1.99. The molecule has 0 spiro atoms. The smallest absolute Gasteiger partial charge is 0.375 e. The van der Waals surface area contributed by atoms with Crippen molar-refractivity contribution in [2.75, 3.05) is 6.61 Å². The van der Waals surface area contributed by atoms with Gasteiger partial charge >= 0.3 is 5.97 Å². The molecule has 23 heavy (non-hydrogen) atoms. The predicted octanol–water partition coefficient (Wildman–Crippen LogP) is 3.47. The third-order valence-corrected chi connectivity index (χ3v) is 4.64. The Hall–Kier alpha value is -1.97. The van der Waals surface area contributed by atoms with Crippen molar-refractivity contribution in [2.24, 2.45) is 5.41 Å². The molecule has 2 aliphatic carbocycles. The van der Waals surface area contributed by atoms with E-state index in [1.807, 2.05) is 13.0 Å². The van der Waals surface area contributed by atoms with Crippen molar-refractivity contribution in [3.05, 3.63) is 33.9 Å². The molecule has 0 fully saturated rings. The highest BCUT2D eigenvalue weighted by molar-refractivity contribution is 6.38. The molecule has 0 bridgehead atoms. The van der Waals surface area contributed by atoms with Gasteiger partial charge in [0.25, 0.3) is 0 Å². The van der Waals surface area contributed by atoms with Crippen LogP contribution in [0.25, 0.3) is 0 Å². The Bertz CT molecular complexity index is 671. The summed E-state index contributed by atoms with van der Waals surface area (Å²) in [5, 5.41) is 0. The zero-order valence-corrected chi connectivity index (χ0v) is 14.5. The van der Waals surface area contributed by atoms with E-state index in [9.17, 15) is 14.4 Å². The van der Waals surface area contributed by atoms with Crippen molar-refractivity contribution in [1.82, 2.24) is 0 Å². The third kappa shape index (κ3) is 3.21. The first-order valence-electron chi connectivity index (χ1n) is 8.11. The molecule has 0 saturated carbocycles. The Balaban J connectivity index is 2.28. The topological polar surface area (TPSA) is 60.4 Å². The fraction of sp³-hybridized carbons (Fsp3) is 0.526. The second-order valence-corrected chi connectivity index (χ2v) is 6.61. The molecule has 0 heterocycles. The summed E-state index contributed by atoms with van der Waals surface area (Å²) in [5.41, 5.74) is 5.03. The van der Waals surface area contributed by atoms with Crippen molar-refractivity contribution < 1.29 is 19.1 Å². The monoisotopic (exact) mass is 316 g/mol. The zero-order chi connectivity index (χ0) is 17.4. The van der Waals surface area contributed by atoms with Crippen LogP contribution in [0, 0.1) is 5.41 Å². The van der Waals surface area contributed by atoms with Crippen LogP contribution in [0.4, 0.5) is 0 Å². The molecule has 0 amide bonds. The lowest BCUT2D eigenvalue weighted by Gasteiger charge is -2.14. The van der Waals surface area contributed by atoms with Gasteiger partial charge in [-0.05, 0) is 37.8 Å². The van der Waals surface area contributed by atoms with Crippen LogP contribution in [0.15, 0.2) is 33.9 Å². The molecule has 0 N–H and O–H groups in total. The van der Waals surface area contributed by atoms with E-state index in [1.54, 1.807) is 6.92 Å². The average Bonchev–Trinajstić information content (AvgIpc) is 3.04. The van der Waals surface area contributed by atoms with Gasteiger partial charge in [-0.15, -0.1) is 0 Å². The van der Waals surface area contributed by atoms with Crippen LogP contribution in [-0.2, 0) is 19.1 Å². The summed E-state index contributed by atoms with van der Waals surface area (Å²) in [6, 6.07) is 0. The summed E-state index contributed by atoms with van der Waals surface area (Å²) in [7, 11) is 0. The van der Waals surface area contributed by atoms with Gasteiger partial charge in [-0.1, -0.05) is 38.0 Å². The number of Topliss-reactive ketones (excluding diaryl/α,β-unsaturated/α-hetero) is 2. The van der Waals surface area contributed by atoms with E-state index in [-0.39, 0.29) is 17.8 Å². The maximum absolute atomic E-state index is 12.7. The van der Waals surface area contributed by atoms with Crippen molar-refractivity contribution in [3.8, 4) is 0 Å². The van der Waals surface area contributed by atoms with Crippen LogP contribution in [-0.4, -0.2) is 24.1 Å². The minimum atomic E-state index is -0.929. The molecule has 2 rings (SSSR count). The minimum absolute atomic E-state index is 0.0894. The van der Waals surface area contributed by atoms with Crippen LogP contribution >= 0.6 is 0 Å². The van der Waals surface area contributed by atoms with Gasteiger partial charge in [0.2, 0.25) is 5.78 Å². The van der Waals surface area contributed by atoms with Gasteiger partial charge in [0.15, 0.2) is 5.78 Å². The maximum atomic E-state index is 12.7. The number of hydrogen-bond donors (Lipinski definition) is 0. The van der Waals surface area contributed by atoms with Crippen LogP contribution in [0.5, 0.6) is 0 Å². The molecule has 4 heteroatoms. The molecule has 0 unspecified atom stereocenters. The van der Waals surface area contributed by atoms with E-state index in [1.165, 1.54) is 11.1 Å². The van der Waals surface area contributed by atoms with E-state index in [4.69, 9.17) is 0 Å². The molecule has 0 atom stereocenters. The van der Waals surface area contributed by atoms with E-state index < -0.39 is 18.2 Å². The number of ether oxygens (including phenoxy) is 1. The maximum Gasteiger partial charge on any atom is 0.375 e. The molecule has 2 aliphatic rings. The Morgan fingerprint density at radius 2 is 1.87 bits per heavy atom. The number of carbonyl (C=O) groups excluding carboxylic acids is 3. The molecule has 0 aliphatic heterocycles. The van der Waals surface area contributed by atoms with E-state index >= 15 is 0 Å². The van der Waals surface area contributed by atoms with E-state index in [0.29, 0.717) is 5.57 Å². The van der Waals surface area contributed by atoms with E-state index in [0.717, 1.165) is 24.0 Å².